The highest BCUT2D eigenvalue weighted by atomic mass is 16.2. The van der Waals surface area contributed by atoms with Gasteiger partial charge in [-0.1, -0.05) is 36.8 Å². The molecule has 2 N–H and O–H groups in total. The third-order valence-corrected chi connectivity index (χ3v) is 5.50. The summed E-state index contributed by atoms with van der Waals surface area (Å²) in [6.45, 7) is 1.59. The van der Waals surface area contributed by atoms with Crippen molar-refractivity contribution in [2.75, 3.05) is 13.1 Å². The monoisotopic (exact) mass is 300 g/mol. The van der Waals surface area contributed by atoms with E-state index in [4.69, 9.17) is 5.73 Å². The number of nitrogens with zero attached hydrogens (tertiary/aromatic N) is 1. The van der Waals surface area contributed by atoms with Crippen LogP contribution < -0.4 is 5.73 Å². The van der Waals surface area contributed by atoms with E-state index in [2.05, 4.69) is 35.2 Å². The van der Waals surface area contributed by atoms with Gasteiger partial charge in [0.2, 0.25) is 5.91 Å². The number of amides is 1. The average Bonchev–Trinajstić information content (AvgIpc) is 3.04. The zero-order valence-corrected chi connectivity index (χ0v) is 13.4. The van der Waals surface area contributed by atoms with Crippen LogP contribution in [0.3, 0.4) is 0 Å². The second-order valence-corrected chi connectivity index (χ2v) is 6.90. The van der Waals surface area contributed by atoms with E-state index in [0.29, 0.717) is 24.4 Å². The molecule has 2 fully saturated rings. The molecule has 0 aromatic heterocycles. The molecule has 0 radical (unpaired) electrons. The molecule has 1 aromatic carbocycles. The minimum absolute atomic E-state index is 0.182. The normalized spacial score (nSPS) is 28.8. The molecule has 1 aliphatic heterocycles. The second kappa shape index (κ2) is 7.28. The summed E-state index contributed by atoms with van der Waals surface area (Å²) in [5.74, 6) is 0.974. The van der Waals surface area contributed by atoms with Gasteiger partial charge in [-0.2, -0.15) is 0 Å². The first-order valence-electron chi connectivity index (χ1n) is 8.84. The Labute approximate surface area is 133 Å². The van der Waals surface area contributed by atoms with Crippen molar-refractivity contribution in [2.24, 2.45) is 17.6 Å². The van der Waals surface area contributed by atoms with Gasteiger partial charge in [-0.05, 0) is 56.6 Å². The highest BCUT2D eigenvalue weighted by Crippen LogP contribution is 2.34. The van der Waals surface area contributed by atoms with Crippen molar-refractivity contribution in [3.8, 4) is 0 Å². The molecule has 1 saturated carbocycles. The Kier molecular flexibility index (Phi) is 5.14. The second-order valence-electron chi connectivity index (χ2n) is 6.90. The maximum absolute atomic E-state index is 13.0. The van der Waals surface area contributed by atoms with Crippen molar-refractivity contribution in [3.63, 3.8) is 0 Å². The highest BCUT2D eigenvalue weighted by Gasteiger charge is 2.37. The third-order valence-electron chi connectivity index (χ3n) is 5.50. The number of likely N-dealkylation sites (tertiary alicyclic amines) is 1. The SMILES string of the molecule is NC[C@H]1CCC[C@H]1C(=O)N1CCCCC1Cc1ccccc1. The quantitative estimate of drug-likeness (QED) is 0.929. The standard InChI is InChI=1S/C19H28N2O/c20-14-16-9-6-11-18(16)19(22)21-12-5-4-10-17(21)13-15-7-2-1-3-8-15/h1-3,7-8,16-18H,4-6,9-14,20H2/t16-,17?,18-/m1/s1. The van der Waals surface area contributed by atoms with Gasteiger partial charge in [0.25, 0.3) is 0 Å². The Hall–Kier alpha value is -1.35. The van der Waals surface area contributed by atoms with Gasteiger partial charge in [-0.25, -0.2) is 0 Å². The summed E-state index contributed by atoms with van der Waals surface area (Å²) < 4.78 is 0. The number of carbonyl (C=O) groups is 1. The molecule has 1 amide bonds. The average molecular weight is 300 g/mol. The van der Waals surface area contributed by atoms with Crippen LogP contribution in [-0.4, -0.2) is 29.9 Å². The van der Waals surface area contributed by atoms with E-state index in [9.17, 15) is 4.79 Å². The molecule has 1 aliphatic carbocycles. The van der Waals surface area contributed by atoms with Crippen molar-refractivity contribution in [1.82, 2.24) is 4.90 Å². The minimum Gasteiger partial charge on any atom is -0.339 e. The molecule has 120 valence electrons. The first kappa shape index (κ1) is 15.5. The van der Waals surface area contributed by atoms with E-state index in [1.807, 2.05) is 0 Å². The molecule has 3 heteroatoms. The number of hydrogen-bond acceptors (Lipinski definition) is 2. The third kappa shape index (κ3) is 3.35. The van der Waals surface area contributed by atoms with Gasteiger partial charge in [0.05, 0.1) is 0 Å². The van der Waals surface area contributed by atoms with Gasteiger partial charge in [0, 0.05) is 18.5 Å². The fourth-order valence-corrected chi connectivity index (χ4v) is 4.25. The molecule has 1 aromatic rings. The van der Waals surface area contributed by atoms with Gasteiger partial charge in [0.15, 0.2) is 0 Å². The maximum Gasteiger partial charge on any atom is 0.226 e. The number of hydrogen-bond donors (Lipinski definition) is 1. The Morgan fingerprint density at radius 2 is 1.91 bits per heavy atom. The molecule has 1 saturated heterocycles. The van der Waals surface area contributed by atoms with E-state index in [-0.39, 0.29) is 5.92 Å². The Morgan fingerprint density at radius 1 is 1.09 bits per heavy atom. The number of benzene rings is 1. The lowest BCUT2D eigenvalue weighted by Crippen LogP contribution is -2.48. The van der Waals surface area contributed by atoms with Gasteiger partial charge in [0.1, 0.15) is 0 Å². The Balaban J connectivity index is 1.70. The molecule has 0 bridgehead atoms. The summed E-state index contributed by atoms with van der Waals surface area (Å²) in [5.41, 5.74) is 7.22. The van der Waals surface area contributed by atoms with Crippen LogP contribution in [0, 0.1) is 11.8 Å². The van der Waals surface area contributed by atoms with Crippen LogP contribution in [0.5, 0.6) is 0 Å². The molecule has 22 heavy (non-hydrogen) atoms. The van der Waals surface area contributed by atoms with E-state index in [1.165, 1.54) is 12.0 Å². The summed E-state index contributed by atoms with van der Waals surface area (Å²) in [6, 6.07) is 11.0. The van der Waals surface area contributed by atoms with Crippen molar-refractivity contribution < 1.29 is 4.79 Å². The first-order valence-corrected chi connectivity index (χ1v) is 8.84. The zero-order chi connectivity index (χ0) is 15.4. The smallest absolute Gasteiger partial charge is 0.226 e. The molecular weight excluding hydrogens is 272 g/mol. The lowest BCUT2D eigenvalue weighted by molar-refractivity contribution is -0.140. The predicted octanol–water partition coefficient (Wildman–Crippen LogP) is 2.99. The maximum atomic E-state index is 13.0. The van der Waals surface area contributed by atoms with E-state index in [1.54, 1.807) is 0 Å². The topological polar surface area (TPSA) is 46.3 Å². The van der Waals surface area contributed by atoms with Gasteiger partial charge < -0.3 is 10.6 Å². The van der Waals surface area contributed by atoms with Crippen LogP contribution in [0.1, 0.15) is 44.1 Å². The van der Waals surface area contributed by atoms with Crippen molar-refractivity contribution in [3.05, 3.63) is 35.9 Å². The molecular formula is C19H28N2O. The van der Waals surface area contributed by atoms with Crippen LogP contribution >= 0.6 is 0 Å². The highest BCUT2D eigenvalue weighted by molar-refractivity contribution is 5.80. The molecule has 1 unspecified atom stereocenters. The Bertz CT molecular complexity index is 487. The Morgan fingerprint density at radius 3 is 2.68 bits per heavy atom. The minimum atomic E-state index is 0.182. The first-order chi connectivity index (χ1) is 10.8. The predicted molar refractivity (Wildman–Crippen MR) is 89.4 cm³/mol. The van der Waals surface area contributed by atoms with Gasteiger partial charge in [-0.3, -0.25) is 4.79 Å². The van der Waals surface area contributed by atoms with E-state index >= 15 is 0 Å². The van der Waals surface area contributed by atoms with Crippen LogP contribution in [0.2, 0.25) is 0 Å². The lowest BCUT2D eigenvalue weighted by atomic mass is 9.90. The molecule has 3 rings (SSSR count). The fraction of sp³-hybridized carbons (Fsp3) is 0.632. The summed E-state index contributed by atoms with van der Waals surface area (Å²) >= 11 is 0. The van der Waals surface area contributed by atoms with Gasteiger partial charge >= 0.3 is 0 Å². The van der Waals surface area contributed by atoms with Crippen LogP contribution in [0.25, 0.3) is 0 Å². The van der Waals surface area contributed by atoms with Gasteiger partial charge in [-0.15, -0.1) is 0 Å². The largest absolute Gasteiger partial charge is 0.339 e. The fourth-order valence-electron chi connectivity index (χ4n) is 4.25. The van der Waals surface area contributed by atoms with E-state index in [0.717, 1.165) is 45.1 Å². The molecule has 2 aliphatic rings. The molecule has 3 atom stereocenters. The molecule has 3 nitrogen and oxygen atoms in total. The van der Waals surface area contributed by atoms with Crippen molar-refractivity contribution in [2.45, 2.75) is 51.0 Å². The van der Waals surface area contributed by atoms with Crippen molar-refractivity contribution in [1.29, 1.82) is 0 Å². The molecule has 0 spiro atoms. The van der Waals surface area contributed by atoms with Crippen LogP contribution in [0.4, 0.5) is 0 Å². The number of rotatable bonds is 4. The summed E-state index contributed by atoms with van der Waals surface area (Å²) in [7, 11) is 0. The number of piperidine rings is 1. The van der Waals surface area contributed by atoms with Crippen LogP contribution in [0.15, 0.2) is 30.3 Å². The lowest BCUT2D eigenvalue weighted by Gasteiger charge is -2.38. The summed E-state index contributed by atoms with van der Waals surface area (Å²) in [6.07, 6.45) is 7.85. The number of nitrogens with two attached hydrogens (primary N) is 1. The molecule has 1 heterocycles. The summed E-state index contributed by atoms with van der Waals surface area (Å²) in [4.78, 5) is 15.2. The van der Waals surface area contributed by atoms with Crippen molar-refractivity contribution >= 4 is 5.91 Å². The summed E-state index contributed by atoms with van der Waals surface area (Å²) in [5, 5.41) is 0. The number of carbonyl (C=O) groups excluding carboxylic acids is 1. The van der Waals surface area contributed by atoms with Crippen LogP contribution in [-0.2, 0) is 11.2 Å². The zero-order valence-electron chi connectivity index (χ0n) is 13.4. The van der Waals surface area contributed by atoms with E-state index < -0.39 is 0 Å².